The number of alkyl carbamates (subject to hydrolysis) is 1. The smallest absolute Gasteiger partial charge is 0.407 e. The number of hydrogen-bond acceptors (Lipinski definition) is 9. The van der Waals surface area contributed by atoms with E-state index in [1.54, 1.807) is 27.0 Å². The van der Waals surface area contributed by atoms with Gasteiger partial charge in [-0.3, -0.25) is 19.1 Å². The van der Waals surface area contributed by atoms with Gasteiger partial charge in [-0.05, 0) is 54.2 Å². The second-order valence-corrected chi connectivity index (χ2v) is 17.5. The summed E-state index contributed by atoms with van der Waals surface area (Å²) in [5, 5.41) is 6.91. The van der Waals surface area contributed by atoms with Gasteiger partial charge in [-0.15, -0.1) is 6.58 Å². The molecule has 4 amide bonds. The van der Waals surface area contributed by atoms with E-state index in [0.29, 0.717) is 18.7 Å². The number of aromatic nitrogens is 1. The third-order valence-corrected chi connectivity index (χ3v) is 12.6. The van der Waals surface area contributed by atoms with Crippen LogP contribution < -0.4 is 20.1 Å². The van der Waals surface area contributed by atoms with Crippen molar-refractivity contribution in [3.63, 3.8) is 0 Å². The number of likely N-dealkylation sites (tertiary alicyclic amines) is 1. The quantitative estimate of drug-likeness (QED) is 0.206. The lowest BCUT2D eigenvalue weighted by atomic mass is 9.85. The molecule has 1 aliphatic heterocycles. The van der Waals surface area contributed by atoms with Crippen molar-refractivity contribution >= 4 is 44.6 Å². The van der Waals surface area contributed by atoms with Gasteiger partial charge in [-0.2, -0.15) is 0 Å². The Hall–Kier alpha value is -5.05. The van der Waals surface area contributed by atoms with Gasteiger partial charge in [0.25, 0.3) is 5.91 Å². The lowest BCUT2D eigenvalue weighted by molar-refractivity contribution is -0.142. The number of pyridine rings is 1. The van der Waals surface area contributed by atoms with Crippen molar-refractivity contribution in [2.75, 3.05) is 19.8 Å². The second-order valence-electron chi connectivity index (χ2n) is 15.4. The van der Waals surface area contributed by atoms with Crippen molar-refractivity contribution in [3.05, 3.63) is 85.1 Å². The van der Waals surface area contributed by atoms with E-state index in [4.69, 9.17) is 9.47 Å². The number of sulfonamides is 1. The van der Waals surface area contributed by atoms with Gasteiger partial charge in [-0.1, -0.05) is 75.4 Å². The number of hydrogen-bond donors (Lipinski definition) is 3. The highest BCUT2D eigenvalue weighted by molar-refractivity contribution is 7.91. The molecule has 13 nitrogen and oxygen atoms in total. The van der Waals surface area contributed by atoms with Crippen molar-refractivity contribution < 1.29 is 41.5 Å². The molecular weight excluding hydrogens is 718 g/mol. The van der Waals surface area contributed by atoms with Gasteiger partial charge < -0.3 is 25.0 Å². The van der Waals surface area contributed by atoms with E-state index in [9.17, 15) is 32.0 Å². The zero-order chi connectivity index (χ0) is 38.9. The summed E-state index contributed by atoms with van der Waals surface area (Å²) in [6.07, 6.45) is 2.41. The molecule has 6 rings (SSSR count). The molecule has 0 spiro atoms. The molecule has 3 N–H and O–H groups in total. The van der Waals surface area contributed by atoms with Crippen LogP contribution >= 0.6 is 0 Å². The Morgan fingerprint density at radius 1 is 1.07 bits per heavy atom. The molecule has 2 aromatic carbocycles. The lowest BCUT2D eigenvalue weighted by Crippen LogP contribution is -2.60. The monoisotopic (exact) mass is 763 g/mol. The van der Waals surface area contributed by atoms with E-state index in [1.165, 1.54) is 11.0 Å². The van der Waals surface area contributed by atoms with Crippen LogP contribution in [0.25, 0.3) is 10.8 Å². The Kier molecular flexibility index (Phi) is 10.7. The van der Waals surface area contributed by atoms with Crippen LogP contribution in [0.5, 0.6) is 5.88 Å². The Balaban J connectivity index is 1.25. The maximum absolute atomic E-state index is 14.4. The van der Waals surface area contributed by atoms with Crippen LogP contribution in [0.4, 0.5) is 9.18 Å². The first-order valence-electron chi connectivity index (χ1n) is 18.0. The van der Waals surface area contributed by atoms with Gasteiger partial charge in [0.1, 0.15) is 37.0 Å². The number of benzene rings is 2. The Labute approximate surface area is 314 Å². The highest BCUT2D eigenvalue weighted by Crippen LogP contribution is 2.48. The molecular formula is C39H46FN5O8S. The molecule has 0 unspecified atom stereocenters. The molecule has 0 radical (unpaired) electrons. The molecule has 3 fully saturated rings. The maximum Gasteiger partial charge on any atom is 0.407 e. The number of alkyl halides is 1. The molecule has 1 aromatic heterocycles. The molecule has 0 bridgehead atoms. The van der Waals surface area contributed by atoms with Gasteiger partial charge in [0.15, 0.2) is 0 Å². The molecule has 5 atom stereocenters. The largest absolute Gasteiger partial charge is 0.472 e. The number of amides is 4. The van der Waals surface area contributed by atoms with Crippen LogP contribution in [-0.4, -0.2) is 90.4 Å². The molecule has 2 heterocycles. The summed E-state index contributed by atoms with van der Waals surface area (Å²) in [4.78, 5) is 60.9. The molecule has 1 saturated heterocycles. The second kappa shape index (κ2) is 15.0. The zero-order valence-corrected chi connectivity index (χ0v) is 31.4. The number of nitrogens with one attached hydrogen (secondary N) is 3. The van der Waals surface area contributed by atoms with Crippen LogP contribution in [0.2, 0.25) is 0 Å². The standard InChI is InChI=1S/C39H46FN5O8S/c1-5-27-23-39(27,35(48)44-54(50,51)38(16-17-38)22-25-11-7-6-8-12-25)43-32(46)30-21-28(53-33-29-14-10-9-13-26(29)15-19-41-33)24-45(30)34(47)31(37(2,3)4)42-36(49)52-20-18-40/h5-15,19,27-28,30-31H,1,16-18,20-24H2,2-4H3,(H,42,49)(H,43,46)(H,44,48)/t27-,28-,30+,31-,39-/m1/s1. The van der Waals surface area contributed by atoms with Crippen LogP contribution in [0.1, 0.15) is 52.0 Å². The Morgan fingerprint density at radius 3 is 2.43 bits per heavy atom. The Bertz CT molecular complexity index is 2030. The summed E-state index contributed by atoms with van der Waals surface area (Å²) >= 11 is 0. The molecule has 288 valence electrons. The normalized spacial score (nSPS) is 23.5. The summed E-state index contributed by atoms with van der Waals surface area (Å²) in [5.41, 5.74) is -1.69. The topological polar surface area (TPSA) is 173 Å². The average Bonchev–Trinajstić information content (AvgIpc) is 4.04. The van der Waals surface area contributed by atoms with Crippen molar-refractivity contribution in [3.8, 4) is 5.88 Å². The molecule has 2 aliphatic carbocycles. The van der Waals surface area contributed by atoms with Crippen LogP contribution in [0, 0.1) is 11.3 Å². The molecule has 3 aromatic rings. The number of rotatable bonds is 14. The minimum absolute atomic E-state index is 0.0133. The first kappa shape index (κ1) is 38.7. The van der Waals surface area contributed by atoms with E-state index >= 15 is 0 Å². The summed E-state index contributed by atoms with van der Waals surface area (Å²) in [7, 11) is -4.16. The number of fused-ring (bicyclic) bond motifs is 1. The van der Waals surface area contributed by atoms with E-state index in [-0.39, 0.29) is 25.8 Å². The fraction of sp³-hybridized carbons (Fsp3) is 0.462. The van der Waals surface area contributed by atoms with E-state index < -0.39 is 86.9 Å². The van der Waals surface area contributed by atoms with Gasteiger partial charge in [-0.25, -0.2) is 22.6 Å². The third-order valence-electron chi connectivity index (χ3n) is 10.5. The highest BCUT2D eigenvalue weighted by Gasteiger charge is 2.63. The van der Waals surface area contributed by atoms with E-state index in [0.717, 1.165) is 16.3 Å². The molecule has 2 saturated carbocycles. The van der Waals surface area contributed by atoms with Gasteiger partial charge in [0, 0.05) is 23.9 Å². The minimum atomic E-state index is -4.16. The summed E-state index contributed by atoms with van der Waals surface area (Å²) in [6, 6.07) is 16.0. The maximum atomic E-state index is 14.4. The van der Waals surface area contributed by atoms with Gasteiger partial charge in [0.2, 0.25) is 27.7 Å². The predicted octanol–water partition coefficient (Wildman–Crippen LogP) is 3.98. The van der Waals surface area contributed by atoms with Crippen LogP contribution in [0.3, 0.4) is 0 Å². The number of halogens is 1. The van der Waals surface area contributed by atoms with Crippen molar-refractivity contribution in [1.29, 1.82) is 0 Å². The molecule has 54 heavy (non-hydrogen) atoms. The average molecular weight is 764 g/mol. The summed E-state index contributed by atoms with van der Waals surface area (Å²) in [5.74, 6) is -2.51. The third kappa shape index (κ3) is 7.91. The first-order chi connectivity index (χ1) is 25.6. The molecule has 15 heteroatoms. The number of ether oxygens (including phenoxy) is 2. The fourth-order valence-corrected chi connectivity index (χ4v) is 8.77. The zero-order valence-electron chi connectivity index (χ0n) is 30.5. The minimum Gasteiger partial charge on any atom is -0.472 e. The highest BCUT2D eigenvalue weighted by atomic mass is 32.2. The SMILES string of the molecule is C=C[C@@H]1C[C@]1(NC(=O)[C@@H]1C[C@@H](Oc2nccc3ccccc23)CN1C(=O)[C@@H](NC(=O)OCCF)C(C)(C)C)C(=O)NS(=O)(=O)C1(Cc2ccccc2)CC1. The predicted molar refractivity (Wildman–Crippen MR) is 198 cm³/mol. The number of nitrogens with zero attached hydrogens (tertiary/aromatic N) is 2. The van der Waals surface area contributed by atoms with E-state index in [1.807, 2.05) is 60.7 Å². The lowest BCUT2D eigenvalue weighted by Gasteiger charge is -2.35. The van der Waals surface area contributed by atoms with Crippen molar-refractivity contribution in [2.24, 2.45) is 11.3 Å². The number of carbonyl (C=O) groups excluding carboxylic acids is 4. The Morgan fingerprint density at radius 2 is 1.78 bits per heavy atom. The van der Waals surface area contributed by atoms with Crippen molar-refractivity contribution in [2.45, 2.75) is 81.3 Å². The fourth-order valence-electron chi connectivity index (χ4n) is 7.13. The molecule has 3 aliphatic rings. The summed E-state index contributed by atoms with van der Waals surface area (Å²) in [6.45, 7) is 7.44. The van der Waals surface area contributed by atoms with E-state index in [2.05, 4.69) is 26.9 Å². The van der Waals surface area contributed by atoms with Crippen LogP contribution in [-0.2, 0) is 35.6 Å². The van der Waals surface area contributed by atoms with Crippen molar-refractivity contribution in [1.82, 2.24) is 25.2 Å². The first-order valence-corrected chi connectivity index (χ1v) is 19.5. The summed E-state index contributed by atoms with van der Waals surface area (Å²) < 4.78 is 52.5. The number of carbonyl (C=O) groups is 4. The van der Waals surface area contributed by atoms with Crippen LogP contribution in [0.15, 0.2) is 79.5 Å². The van der Waals surface area contributed by atoms with Gasteiger partial charge >= 0.3 is 6.09 Å². The van der Waals surface area contributed by atoms with Gasteiger partial charge in [0.05, 0.1) is 11.3 Å².